The second kappa shape index (κ2) is 5.12. The summed E-state index contributed by atoms with van der Waals surface area (Å²) in [5.74, 6) is 0.984. The van der Waals surface area contributed by atoms with Crippen molar-refractivity contribution < 1.29 is 0 Å². The topological polar surface area (TPSA) is 73.5 Å². The number of anilines is 1. The van der Waals surface area contributed by atoms with Crippen LogP contribution in [0.2, 0.25) is 0 Å². The fourth-order valence-electron chi connectivity index (χ4n) is 2.13. The third kappa shape index (κ3) is 2.37. The first-order valence-electron chi connectivity index (χ1n) is 6.31. The molecule has 102 valence electrons. The predicted octanol–water partition coefficient (Wildman–Crippen LogP) is 1.57. The molecular weight excluding hydrogens is 254 g/mol. The molecule has 7 nitrogen and oxygen atoms in total. The molecule has 0 spiro atoms. The molecule has 0 aliphatic rings. The van der Waals surface area contributed by atoms with Gasteiger partial charge in [-0.15, -0.1) is 5.10 Å². The fourth-order valence-corrected chi connectivity index (χ4v) is 2.13. The molecule has 0 saturated carbocycles. The molecule has 0 saturated heterocycles. The zero-order chi connectivity index (χ0) is 13.9. The Morgan fingerprint density at radius 1 is 1.30 bits per heavy atom. The molecule has 0 bridgehead atoms. The highest BCUT2D eigenvalue weighted by atomic mass is 15.5. The Balaban J connectivity index is 1.81. The van der Waals surface area contributed by atoms with E-state index in [4.69, 9.17) is 0 Å². The van der Waals surface area contributed by atoms with Crippen LogP contribution in [0.3, 0.4) is 0 Å². The van der Waals surface area contributed by atoms with Crippen LogP contribution < -0.4 is 5.32 Å². The van der Waals surface area contributed by atoms with Crippen LogP contribution in [-0.2, 0) is 7.05 Å². The molecule has 0 aliphatic heterocycles. The molecule has 1 N–H and O–H groups in total. The smallest absolute Gasteiger partial charge is 0.143 e. The van der Waals surface area contributed by atoms with E-state index in [1.165, 1.54) is 0 Å². The molecule has 0 aliphatic carbocycles. The summed E-state index contributed by atoms with van der Waals surface area (Å²) in [7, 11) is 1.98. The number of nitrogens with one attached hydrogen (secondary N) is 1. The molecule has 0 radical (unpaired) electrons. The van der Waals surface area contributed by atoms with Crippen LogP contribution in [0.4, 0.5) is 5.69 Å². The SMILES string of the molecule is CC(Nc1cccc(-n2cnnn2)c1)c1nccn1C. The number of hydrogen-bond donors (Lipinski definition) is 1. The summed E-state index contributed by atoms with van der Waals surface area (Å²) < 4.78 is 3.62. The Hall–Kier alpha value is -2.70. The quantitative estimate of drug-likeness (QED) is 0.778. The summed E-state index contributed by atoms with van der Waals surface area (Å²) in [4.78, 5) is 4.35. The van der Waals surface area contributed by atoms with E-state index < -0.39 is 0 Å². The van der Waals surface area contributed by atoms with E-state index >= 15 is 0 Å². The lowest BCUT2D eigenvalue weighted by atomic mass is 10.2. The number of imidazole rings is 1. The minimum atomic E-state index is 0.110. The van der Waals surface area contributed by atoms with Gasteiger partial charge in [-0.25, -0.2) is 9.67 Å². The van der Waals surface area contributed by atoms with Gasteiger partial charge in [0.25, 0.3) is 0 Å². The number of nitrogens with zero attached hydrogens (tertiary/aromatic N) is 6. The van der Waals surface area contributed by atoms with Crippen LogP contribution in [0.15, 0.2) is 43.0 Å². The Morgan fingerprint density at radius 2 is 2.20 bits per heavy atom. The molecule has 2 aromatic heterocycles. The summed E-state index contributed by atoms with van der Waals surface area (Å²) >= 11 is 0. The molecule has 7 heteroatoms. The first kappa shape index (κ1) is 12.3. The second-order valence-corrected chi connectivity index (χ2v) is 4.57. The molecule has 1 aromatic carbocycles. The van der Waals surface area contributed by atoms with E-state index in [1.807, 2.05) is 42.1 Å². The van der Waals surface area contributed by atoms with Crippen LogP contribution in [0, 0.1) is 0 Å². The lowest BCUT2D eigenvalue weighted by molar-refractivity contribution is 0.721. The number of rotatable bonds is 4. The lowest BCUT2D eigenvalue weighted by Crippen LogP contribution is -2.12. The molecule has 1 unspecified atom stereocenters. The van der Waals surface area contributed by atoms with Gasteiger partial charge in [-0.1, -0.05) is 6.07 Å². The van der Waals surface area contributed by atoms with Gasteiger partial charge in [0.05, 0.1) is 11.7 Å². The minimum Gasteiger partial charge on any atom is -0.375 e. The fraction of sp³-hybridized carbons (Fsp3) is 0.231. The van der Waals surface area contributed by atoms with Crippen molar-refractivity contribution in [3.63, 3.8) is 0 Å². The number of benzene rings is 1. The average molecular weight is 269 g/mol. The highest BCUT2D eigenvalue weighted by Crippen LogP contribution is 2.19. The number of aryl methyl sites for hydroxylation is 1. The van der Waals surface area contributed by atoms with Crippen LogP contribution >= 0.6 is 0 Å². The third-order valence-electron chi connectivity index (χ3n) is 3.09. The van der Waals surface area contributed by atoms with Crippen molar-refractivity contribution in [3.8, 4) is 5.69 Å². The van der Waals surface area contributed by atoms with Gasteiger partial charge in [0, 0.05) is 25.1 Å². The van der Waals surface area contributed by atoms with Gasteiger partial charge in [0.1, 0.15) is 12.2 Å². The van der Waals surface area contributed by atoms with Gasteiger partial charge in [-0.3, -0.25) is 0 Å². The van der Waals surface area contributed by atoms with Crippen molar-refractivity contribution >= 4 is 5.69 Å². The van der Waals surface area contributed by atoms with Crippen molar-refractivity contribution in [1.29, 1.82) is 0 Å². The maximum absolute atomic E-state index is 4.35. The minimum absolute atomic E-state index is 0.110. The van der Waals surface area contributed by atoms with E-state index in [0.717, 1.165) is 17.2 Å². The highest BCUT2D eigenvalue weighted by Gasteiger charge is 2.10. The summed E-state index contributed by atoms with van der Waals surface area (Å²) in [5, 5.41) is 14.6. The molecule has 0 amide bonds. The standard InChI is InChI=1S/C13H15N7/c1-10(13-14-6-7-19(13)2)16-11-4-3-5-12(8-11)20-9-15-17-18-20/h3-10,16H,1-2H3. The van der Waals surface area contributed by atoms with Gasteiger partial charge >= 0.3 is 0 Å². The Bertz CT molecular complexity index is 686. The van der Waals surface area contributed by atoms with Crippen molar-refractivity contribution in [2.75, 3.05) is 5.32 Å². The van der Waals surface area contributed by atoms with Crippen LogP contribution in [0.5, 0.6) is 0 Å². The van der Waals surface area contributed by atoms with E-state index in [-0.39, 0.29) is 6.04 Å². The van der Waals surface area contributed by atoms with Crippen LogP contribution in [0.25, 0.3) is 5.69 Å². The second-order valence-electron chi connectivity index (χ2n) is 4.57. The Morgan fingerprint density at radius 3 is 2.90 bits per heavy atom. The summed E-state index contributed by atoms with van der Waals surface area (Å²) in [6.07, 6.45) is 5.30. The lowest BCUT2D eigenvalue weighted by Gasteiger charge is -2.15. The van der Waals surface area contributed by atoms with Crippen molar-refractivity contribution in [3.05, 3.63) is 48.8 Å². The Kier molecular flexibility index (Phi) is 3.16. The van der Waals surface area contributed by atoms with Crippen molar-refractivity contribution in [1.82, 2.24) is 29.8 Å². The predicted molar refractivity (Wildman–Crippen MR) is 74.4 cm³/mol. The van der Waals surface area contributed by atoms with Gasteiger partial charge in [-0.05, 0) is 35.5 Å². The zero-order valence-electron chi connectivity index (χ0n) is 11.3. The first-order valence-corrected chi connectivity index (χ1v) is 6.31. The summed E-state index contributed by atoms with van der Waals surface area (Å²) in [5.41, 5.74) is 1.90. The van der Waals surface area contributed by atoms with Gasteiger partial charge < -0.3 is 9.88 Å². The largest absolute Gasteiger partial charge is 0.375 e. The van der Waals surface area contributed by atoms with Crippen LogP contribution in [-0.4, -0.2) is 29.8 Å². The summed E-state index contributed by atoms with van der Waals surface area (Å²) in [6, 6.07) is 8.03. The Labute approximate surface area is 116 Å². The molecule has 20 heavy (non-hydrogen) atoms. The summed E-state index contributed by atoms with van der Waals surface area (Å²) in [6.45, 7) is 2.08. The zero-order valence-corrected chi connectivity index (χ0v) is 11.3. The van der Waals surface area contributed by atoms with Crippen molar-refractivity contribution in [2.24, 2.45) is 7.05 Å². The molecular formula is C13H15N7. The molecule has 2 heterocycles. The number of aromatic nitrogens is 6. The van der Waals surface area contributed by atoms with E-state index in [0.29, 0.717) is 0 Å². The molecule has 3 aromatic rings. The maximum atomic E-state index is 4.35. The average Bonchev–Trinajstić information content (AvgIpc) is 3.09. The monoisotopic (exact) mass is 269 g/mol. The normalized spacial score (nSPS) is 12.3. The van der Waals surface area contributed by atoms with Crippen LogP contribution in [0.1, 0.15) is 18.8 Å². The van der Waals surface area contributed by atoms with Gasteiger partial charge in [0.15, 0.2) is 0 Å². The molecule has 3 rings (SSSR count). The number of hydrogen-bond acceptors (Lipinski definition) is 5. The van der Waals surface area contributed by atoms with Gasteiger partial charge in [0.2, 0.25) is 0 Å². The maximum Gasteiger partial charge on any atom is 0.143 e. The number of tetrazole rings is 1. The van der Waals surface area contributed by atoms with E-state index in [9.17, 15) is 0 Å². The molecule has 1 atom stereocenters. The van der Waals surface area contributed by atoms with Gasteiger partial charge in [-0.2, -0.15) is 0 Å². The van der Waals surface area contributed by atoms with E-state index in [1.54, 1.807) is 17.2 Å². The third-order valence-corrected chi connectivity index (χ3v) is 3.09. The van der Waals surface area contributed by atoms with Crippen molar-refractivity contribution in [2.45, 2.75) is 13.0 Å². The molecule has 0 fully saturated rings. The highest BCUT2D eigenvalue weighted by molar-refractivity contribution is 5.51. The first-order chi connectivity index (χ1) is 9.74. The van der Waals surface area contributed by atoms with E-state index in [2.05, 4.69) is 32.7 Å².